The van der Waals surface area contributed by atoms with E-state index in [4.69, 9.17) is 4.98 Å². The Bertz CT molecular complexity index is 1770. The minimum Gasteiger partial charge on any atom is -0.311 e. The molecule has 178 valence electrons. The van der Waals surface area contributed by atoms with Crippen LogP contribution in [-0.2, 0) is 11.8 Å². The van der Waals surface area contributed by atoms with E-state index in [-0.39, 0.29) is 17.4 Å². The summed E-state index contributed by atoms with van der Waals surface area (Å²) in [6.07, 6.45) is 1.96. The van der Waals surface area contributed by atoms with Crippen LogP contribution in [0.1, 0.15) is 30.8 Å². The summed E-state index contributed by atoms with van der Waals surface area (Å²) in [5.41, 5.74) is 5.52. The average Bonchev–Trinajstić information content (AvgIpc) is 3.20. The van der Waals surface area contributed by atoms with Crippen LogP contribution in [0.4, 0.5) is 5.82 Å². The molecule has 1 aromatic carbocycles. The number of amides is 1. The van der Waals surface area contributed by atoms with Crippen LogP contribution in [0.15, 0.2) is 71.7 Å². The zero-order valence-corrected chi connectivity index (χ0v) is 20.5. The van der Waals surface area contributed by atoms with Gasteiger partial charge in [-0.3, -0.25) is 14.0 Å². The second-order valence-corrected chi connectivity index (χ2v) is 8.97. The van der Waals surface area contributed by atoms with Gasteiger partial charge in [0.15, 0.2) is 0 Å². The van der Waals surface area contributed by atoms with Crippen LogP contribution >= 0.6 is 0 Å². The number of aromatic nitrogens is 4. The lowest BCUT2D eigenvalue weighted by atomic mass is 10.1. The quantitative estimate of drug-likeness (QED) is 0.388. The third-order valence-electron chi connectivity index (χ3n) is 6.08. The summed E-state index contributed by atoms with van der Waals surface area (Å²) < 4.78 is 3.63. The maximum absolute atomic E-state index is 12.3. The van der Waals surface area contributed by atoms with Gasteiger partial charge < -0.3 is 9.88 Å². The Balaban J connectivity index is 1.65. The van der Waals surface area contributed by atoms with Crippen molar-refractivity contribution in [2.45, 2.75) is 20.8 Å². The van der Waals surface area contributed by atoms with Gasteiger partial charge in [0.05, 0.1) is 16.9 Å². The van der Waals surface area contributed by atoms with Crippen LogP contribution in [0, 0.1) is 24.7 Å². The number of hydrogen-bond acceptors (Lipinski definition) is 4. The van der Waals surface area contributed by atoms with Crippen LogP contribution in [0.2, 0.25) is 0 Å². The number of anilines is 1. The molecule has 4 aromatic heterocycles. The van der Waals surface area contributed by atoms with E-state index in [0.717, 1.165) is 39.1 Å². The maximum atomic E-state index is 12.3. The van der Waals surface area contributed by atoms with Gasteiger partial charge >= 0.3 is 0 Å². The van der Waals surface area contributed by atoms with Gasteiger partial charge in [0.1, 0.15) is 17.2 Å². The molecule has 0 saturated heterocycles. The minimum absolute atomic E-state index is 0.0566. The number of nitrogens with one attached hydrogen (secondary N) is 1. The Labute approximate surface area is 208 Å². The molecule has 0 atom stereocenters. The number of pyridine rings is 3. The molecule has 0 fully saturated rings. The van der Waals surface area contributed by atoms with Gasteiger partial charge in [0, 0.05) is 36.4 Å². The number of carbonyl (C=O) groups excluding carboxylic acids is 1. The first-order valence-corrected chi connectivity index (χ1v) is 11.7. The van der Waals surface area contributed by atoms with Crippen molar-refractivity contribution in [3.8, 4) is 23.1 Å². The summed E-state index contributed by atoms with van der Waals surface area (Å²) >= 11 is 0. The third-order valence-corrected chi connectivity index (χ3v) is 6.08. The standard InChI is InChI=1S/C29H25N5O2/c1-18(2)29(36)32-25-14-11-22(28-19(3)30-26-7-5-6-16-34(26)28)23(31-25)12-8-20-9-13-24-21(17-20)10-15-27(35)33(24)4/h5-7,9-11,13-18H,1-4H3,(H,31,32,36). The van der Waals surface area contributed by atoms with E-state index in [1.807, 2.05) is 73.8 Å². The van der Waals surface area contributed by atoms with Gasteiger partial charge in [0.25, 0.3) is 5.56 Å². The van der Waals surface area contributed by atoms with Crippen LogP contribution < -0.4 is 10.9 Å². The van der Waals surface area contributed by atoms with Crippen molar-refractivity contribution in [1.29, 1.82) is 0 Å². The van der Waals surface area contributed by atoms with Crippen molar-refractivity contribution in [2.24, 2.45) is 13.0 Å². The molecule has 1 N–H and O–H groups in total. The third kappa shape index (κ3) is 4.25. The van der Waals surface area contributed by atoms with Crippen molar-refractivity contribution in [1.82, 2.24) is 18.9 Å². The van der Waals surface area contributed by atoms with Crippen molar-refractivity contribution < 1.29 is 4.79 Å². The zero-order valence-electron chi connectivity index (χ0n) is 20.5. The Kier molecular flexibility index (Phi) is 5.87. The maximum Gasteiger partial charge on any atom is 0.250 e. The Morgan fingerprint density at radius 3 is 2.64 bits per heavy atom. The first kappa shape index (κ1) is 23.1. The number of hydrogen-bond donors (Lipinski definition) is 1. The fraction of sp³-hybridized carbons (Fsp3) is 0.172. The molecule has 0 bridgehead atoms. The fourth-order valence-electron chi connectivity index (χ4n) is 4.12. The monoisotopic (exact) mass is 475 g/mol. The molecule has 0 radical (unpaired) electrons. The average molecular weight is 476 g/mol. The normalized spacial score (nSPS) is 11.0. The lowest BCUT2D eigenvalue weighted by Crippen LogP contribution is -2.18. The number of fused-ring (bicyclic) bond motifs is 2. The summed E-state index contributed by atoms with van der Waals surface area (Å²) in [7, 11) is 1.75. The van der Waals surface area contributed by atoms with Crippen LogP contribution in [0.25, 0.3) is 27.8 Å². The lowest BCUT2D eigenvalue weighted by molar-refractivity contribution is -0.118. The molecule has 5 rings (SSSR count). The molecule has 0 aliphatic heterocycles. The highest BCUT2D eigenvalue weighted by Gasteiger charge is 2.16. The van der Waals surface area contributed by atoms with E-state index in [9.17, 15) is 9.59 Å². The van der Waals surface area contributed by atoms with E-state index < -0.39 is 0 Å². The van der Waals surface area contributed by atoms with E-state index in [1.54, 1.807) is 29.8 Å². The number of rotatable bonds is 3. The SMILES string of the molecule is Cc1nc2ccccn2c1-c1ccc(NC(=O)C(C)C)nc1C#Cc1ccc2c(ccc(=O)n2C)c1. The number of nitrogens with zero attached hydrogens (tertiary/aromatic N) is 4. The molecule has 1 amide bonds. The van der Waals surface area contributed by atoms with E-state index in [1.165, 1.54) is 0 Å². The van der Waals surface area contributed by atoms with Crippen LogP contribution in [0.3, 0.4) is 0 Å². The van der Waals surface area contributed by atoms with Gasteiger partial charge in [0.2, 0.25) is 5.91 Å². The molecule has 0 unspecified atom stereocenters. The highest BCUT2D eigenvalue weighted by atomic mass is 16.2. The topological polar surface area (TPSA) is 81.3 Å². The number of benzene rings is 1. The fourth-order valence-corrected chi connectivity index (χ4v) is 4.12. The molecule has 0 spiro atoms. The summed E-state index contributed by atoms with van der Waals surface area (Å²) in [6.45, 7) is 5.63. The molecule has 4 heterocycles. The van der Waals surface area contributed by atoms with Crippen LogP contribution in [-0.4, -0.2) is 24.8 Å². The minimum atomic E-state index is -0.171. The van der Waals surface area contributed by atoms with Gasteiger partial charge in [-0.1, -0.05) is 25.8 Å². The molecular weight excluding hydrogens is 450 g/mol. The summed E-state index contributed by atoms with van der Waals surface area (Å²) in [5.74, 6) is 6.60. The smallest absolute Gasteiger partial charge is 0.250 e. The largest absolute Gasteiger partial charge is 0.311 e. The Morgan fingerprint density at radius 1 is 1.00 bits per heavy atom. The predicted molar refractivity (Wildman–Crippen MR) is 142 cm³/mol. The van der Waals surface area contributed by atoms with Crippen molar-refractivity contribution in [3.63, 3.8) is 0 Å². The molecular formula is C29H25N5O2. The number of carbonyl (C=O) groups is 1. The van der Waals surface area contributed by atoms with Gasteiger partial charge in [-0.15, -0.1) is 0 Å². The Hall–Kier alpha value is -4.70. The highest BCUT2D eigenvalue weighted by molar-refractivity contribution is 5.91. The van der Waals surface area contributed by atoms with E-state index >= 15 is 0 Å². The molecule has 5 aromatic rings. The molecule has 0 aliphatic carbocycles. The summed E-state index contributed by atoms with van der Waals surface area (Å²) in [5, 5.41) is 3.79. The summed E-state index contributed by atoms with van der Waals surface area (Å²) in [6, 6.07) is 18.7. The molecule has 7 heteroatoms. The number of imidazole rings is 1. The first-order chi connectivity index (χ1) is 17.3. The van der Waals surface area contributed by atoms with Gasteiger partial charge in [-0.05, 0) is 66.8 Å². The second kappa shape index (κ2) is 9.16. The molecule has 0 saturated carbocycles. The van der Waals surface area contributed by atoms with Crippen molar-refractivity contribution in [3.05, 3.63) is 94.2 Å². The van der Waals surface area contributed by atoms with Crippen LogP contribution in [0.5, 0.6) is 0 Å². The van der Waals surface area contributed by atoms with Gasteiger partial charge in [-0.2, -0.15) is 0 Å². The van der Waals surface area contributed by atoms with E-state index in [0.29, 0.717) is 11.5 Å². The van der Waals surface area contributed by atoms with Gasteiger partial charge in [-0.25, -0.2) is 9.97 Å². The zero-order chi connectivity index (χ0) is 25.4. The van der Waals surface area contributed by atoms with Crippen molar-refractivity contribution >= 4 is 28.3 Å². The van der Waals surface area contributed by atoms with Crippen molar-refractivity contribution in [2.75, 3.05) is 5.32 Å². The first-order valence-electron chi connectivity index (χ1n) is 11.7. The second-order valence-electron chi connectivity index (χ2n) is 8.97. The predicted octanol–water partition coefficient (Wildman–Crippen LogP) is 4.55. The number of aryl methyl sites for hydroxylation is 2. The highest BCUT2D eigenvalue weighted by Crippen LogP contribution is 2.28. The summed E-state index contributed by atoms with van der Waals surface area (Å²) in [4.78, 5) is 33.6. The lowest BCUT2D eigenvalue weighted by Gasteiger charge is -2.10. The molecule has 36 heavy (non-hydrogen) atoms. The molecule has 7 nitrogen and oxygen atoms in total. The molecule has 0 aliphatic rings. The Morgan fingerprint density at radius 2 is 1.83 bits per heavy atom. The van der Waals surface area contributed by atoms with E-state index in [2.05, 4.69) is 22.1 Å².